The van der Waals surface area contributed by atoms with Crippen LogP contribution in [0.2, 0.25) is 5.02 Å². The largest absolute Gasteiger partial charge is 0.495 e. The van der Waals surface area contributed by atoms with E-state index in [1.54, 1.807) is 45.9 Å². The van der Waals surface area contributed by atoms with E-state index in [0.29, 0.717) is 33.9 Å². The molecular formula is C21H26ClNO5. The van der Waals surface area contributed by atoms with Crippen molar-refractivity contribution in [1.29, 1.82) is 0 Å². The van der Waals surface area contributed by atoms with Crippen LogP contribution in [-0.2, 0) is 14.3 Å². The molecule has 7 heteroatoms. The van der Waals surface area contributed by atoms with E-state index >= 15 is 0 Å². The molecule has 0 saturated heterocycles. The number of carbonyl (C=O) groups excluding carboxylic acids is 2. The smallest absolute Gasteiger partial charge is 0.326 e. The van der Waals surface area contributed by atoms with Gasteiger partial charge in [0.15, 0.2) is 5.78 Å². The minimum atomic E-state index is -1.09. The fourth-order valence-corrected chi connectivity index (χ4v) is 3.02. The van der Waals surface area contributed by atoms with Gasteiger partial charge in [-0.3, -0.25) is 9.59 Å². The topological polar surface area (TPSA) is 76.1 Å². The summed E-state index contributed by atoms with van der Waals surface area (Å²) in [4.78, 5) is 25.9. The molecule has 0 fully saturated rings. The number of aliphatic hydroxyl groups is 1. The van der Waals surface area contributed by atoms with Gasteiger partial charge in [0.25, 0.3) is 0 Å². The summed E-state index contributed by atoms with van der Waals surface area (Å²) in [5, 5.41) is 11.0. The van der Waals surface area contributed by atoms with E-state index in [1.165, 1.54) is 24.3 Å². The van der Waals surface area contributed by atoms with Crippen molar-refractivity contribution in [3.8, 4) is 0 Å². The van der Waals surface area contributed by atoms with E-state index in [9.17, 15) is 14.7 Å². The third-order valence-corrected chi connectivity index (χ3v) is 4.28. The van der Waals surface area contributed by atoms with Crippen molar-refractivity contribution in [1.82, 2.24) is 4.90 Å². The van der Waals surface area contributed by atoms with Crippen LogP contribution >= 0.6 is 11.6 Å². The summed E-state index contributed by atoms with van der Waals surface area (Å²) in [5.74, 6) is -0.116. The summed E-state index contributed by atoms with van der Waals surface area (Å²) in [5.41, 5.74) is 0.982. The number of ketones is 1. The van der Waals surface area contributed by atoms with Crippen LogP contribution in [0, 0.1) is 0 Å². The first-order valence-electron chi connectivity index (χ1n) is 9.02. The van der Waals surface area contributed by atoms with Crippen LogP contribution in [0.25, 0.3) is 5.57 Å². The number of carbonyl (C=O) groups is 2. The van der Waals surface area contributed by atoms with Gasteiger partial charge in [0, 0.05) is 28.8 Å². The van der Waals surface area contributed by atoms with Crippen LogP contribution in [0.15, 0.2) is 36.2 Å². The average molecular weight is 408 g/mol. The van der Waals surface area contributed by atoms with Crippen molar-refractivity contribution < 1.29 is 24.2 Å². The zero-order chi connectivity index (χ0) is 21.1. The van der Waals surface area contributed by atoms with E-state index in [0.717, 1.165) is 0 Å². The molecule has 1 aromatic rings. The predicted molar refractivity (Wildman–Crippen MR) is 108 cm³/mol. The van der Waals surface area contributed by atoms with Gasteiger partial charge in [0.1, 0.15) is 24.1 Å². The first kappa shape index (κ1) is 22.0. The maximum atomic E-state index is 12.3. The first-order chi connectivity index (χ1) is 13.1. The number of hydrogen-bond acceptors (Lipinski definition) is 6. The molecule has 2 rings (SSSR count). The Balaban J connectivity index is 2.37. The molecule has 1 aliphatic rings. The maximum absolute atomic E-state index is 12.3. The fraction of sp³-hybridized carbons (Fsp3) is 0.429. The second kappa shape index (κ2) is 8.80. The number of methoxy groups -OCH3 is 1. The molecule has 1 aliphatic heterocycles. The zero-order valence-electron chi connectivity index (χ0n) is 16.8. The lowest BCUT2D eigenvalue weighted by Gasteiger charge is -2.31. The average Bonchev–Trinajstić information content (AvgIpc) is 2.60. The van der Waals surface area contributed by atoms with Gasteiger partial charge in [0.2, 0.25) is 0 Å². The summed E-state index contributed by atoms with van der Waals surface area (Å²) in [6, 6.07) is 4.98. The van der Waals surface area contributed by atoms with Crippen molar-refractivity contribution in [3.05, 3.63) is 52.4 Å². The summed E-state index contributed by atoms with van der Waals surface area (Å²) in [6.07, 6.45) is 2.30. The molecule has 0 amide bonds. The van der Waals surface area contributed by atoms with Crippen LogP contribution in [0.3, 0.4) is 0 Å². The van der Waals surface area contributed by atoms with Gasteiger partial charge in [-0.2, -0.15) is 0 Å². The fourth-order valence-electron chi connectivity index (χ4n) is 2.84. The Morgan fingerprint density at radius 2 is 1.96 bits per heavy atom. The maximum Gasteiger partial charge on any atom is 0.326 e. The summed E-state index contributed by atoms with van der Waals surface area (Å²) >= 11 is 6.14. The number of hydrogen-bond donors (Lipinski definition) is 1. The van der Waals surface area contributed by atoms with Crippen LogP contribution in [0.5, 0.6) is 0 Å². The lowest BCUT2D eigenvalue weighted by molar-refractivity contribution is -0.157. The number of halogens is 1. The molecular weight excluding hydrogens is 382 g/mol. The molecule has 1 unspecified atom stereocenters. The third-order valence-electron chi connectivity index (χ3n) is 4.05. The number of Topliss-reactive ketones (excluding diaryl/α,β-unsaturated/α-hetero) is 1. The van der Waals surface area contributed by atoms with Gasteiger partial charge in [-0.25, -0.2) is 0 Å². The second-order valence-electron chi connectivity index (χ2n) is 7.42. The normalized spacial score (nSPS) is 17.0. The lowest BCUT2D eigenvalue weighted by Crippen LogP contribution is -2.39. The Morgan fingerprint density at radius 3 is 2.54 bits per heavy atom. The van der Waals surface area contributed by atoms with Crippen LogP contribution in [-0.4, -0.2) is 47.2 Å². The number of aliphatic hydroxyl groups excluding tert-OH is 1. The highest BCUT2D eigenvalue weighted by Gasteiger charge is 2.27. The van der Waals surface area contributed by atoms with Gasteiger partial charge in [-0.05, 0) is 50.6 Å². The minimum Gasteiger partial charge on any atom is -0.495 e. The van der Waals surface area contributed by atoms with Crippen LogP contribution in [0.1, 0.15) is 50.0 Å². The highest BCUT2D eigenvalue weighted by Crippen LogP contribution is 2.33. The molecule has 0 aliphatic carbocycles. The van der Waals surface area contributed by atoms with Crippen molar-refractivity contribution in [2.75, 3.05) is 13.7 Å². The van der Waals surface area contributed by atoms with Gasteiger partial charge < -0.3 is 19.5 Å². The standard InChI is InChI=1S/C21H26ClNO5/c1-6-17(24)14-8-7-13(22)9-15(14)16-10-19(25)23(11-18(16)27-5)12-20(26)28-21(2,3)4/h7-11,19,25H,6,12H2,1-5H3. The van der Waals surface area contributed by atoms with Gasteiger partial charge >= 0.3 is 5.97 Å². The second-order valence-corrected chi connectivity index (χ2v) is 7.85. The molecule has 1 atom stereocenters. The number of esters is 1. The highest BCUT2D eigenvalue weighted by atomic mass is 35.5. The SMILES string of the molecule is CCC(=O)c1ccc(Cl)cc1C1=CC(O)N(CC(=O)OC(C)(C)C)C=C1OC. The number of benzene rings is 1. The van der Waals surface area contributed by atoms with Crippen LogP contribution in [0.4, 0.5) is 0 Å². The first-order valence-corrected chi connectivity index (χ1v) is 9.40. The summed E-state index contributed by atoms with van der Waals surface area (Å²) in [7, 11) is 1.48. The van der Waals surface area contributed by atoms with Gasteiger partial charge in [0.05, 0.1) is 7.11 Å². The molecule has 152 valence electrons. The van der Waals surface area contributed by atoms with E-state index in [1.807, 2.05) is 0 Å². The molecule has 1 heterocycles. The predicted octanol–water partition coefficient (Wildman–Crippen LogP) is 3.78. The molecule has 0 radical (unpaired) electrons. The van der Waals surface area contributed by atoms with Gasteiger partial charge in [-0.1, -0.05) is 18.5 Å². The Labute approximate surface area is 170 Å². The molecule has 1 N–H and O–H groups in total. The molecule has 28 heavy (non-hydrogen) atoms. The minimum absolute atomic E-state index is 0.0475. The Hall–Kier alpha value is -2.31. The number of nitrogens with zero attached hydrogens (tertiary/aromatic N) is 1. The molecule has 6 nitrogen and oxygen atoms in total. The van der Waals surface area contributed by atoms with E-state index in [4.69, 9.17) is 21.1 Å². The third kappa shape index (κ3) is 5.36. The Bertz CT molecular complexity index is 823. The molecule has 0 aromatic heterocycles. The molecule has 0 bridgehead atoms. The van der Waals surface area contributed by atoms with Crippen molar-refractivity contribution in [2.24, 2.45) is 0 Å². The lowest BCUT2D eigenvalue weighted by atomic mass is 9.93. The molecule has 0 spiro atoms. The van der Waals surface area contributed by atoms with E-state index < -0.39 is 17.8 Å². The molecule has 0 saturated carbocycles. The Morgan fingerprint density at radius 1 is 1.29 bits per heavy atom. The molecule has 1 aromatic carbocycles. The zero-order valence-corrected chi connectivity index (χ0v) is 17.5. The summed E-state index contributed by atoms with van der Waals surface area (Å²) in [6.45, 7) is 6.96. The van der Waals surface area contributed by atoms with E-state index in [2.05, 4.69) is 0 Å². The van der Waals surface area contributed by atoms with Crippen molar-refractivity contribution in [3.63, 3.8) is 0 Å². The number of allylic oxidation sites excluding steroid dienone is 1. The number of ether oxygens (including phenoxy) is 2. The quantitative estimate of drug-likeness (QED) is 0.571. The monoisotopic (exact) mass is 407 g/mol. The van der Waals surface area contributed by atoms with E-state index in [-0.39, 0.29) is 12.3 Å². The Kier molecular flexibility index (Phi) is 6.91. The highest BCUT2D eigenvalue weighted by molar-refractivity contribution is 6.31. The number of rotatable bonds is 6. The van der Waals surface area contributed by atoms with Crippen LogP contribution < -0.4 is 0 Å². The summed E-state index contributed by atoms with van der Waals surface area (Å²) < 4.78 is 10.8. The van der Waals surface area contributed by atoms with Crippen molar-refractivity contribution >= 4 is 28.9 Å². The van der Waals surface area contributed by atoms with Gasteiger partial charge in [-0.15, -0.1) is 0 Å². The van der Waals surface area contributed by atoms with Crippen molar-refractivity contribution in [2.45, 2.75) is 45.9 Å².